The second-order valence-electron chi connectivity index (χ2n) is 2.85. The van der Waals surface area contributed by atoms with Gasteiger partial charge >= 0.3 is 0 Å². The summed E-state index contributed by atoms with van der Waals surface area (Å²) in [6.45, 7) is 1.44. The van der Waals surface area contributed by atoms with Gasteiger partial charge in [-0.1, -0.05) is 24.6 Å². The van der Waals surface area contributed by atoms with E-state index >= 15 is 0 Å². The summed E-state index contributed by atoms with van der Waals surface area (Å²) in [7, 11) is 0. The maximum Gasteiger partial charge on any atom is 0.148 e. The molecule has 0 saturated heterocycles. The van der Waals surface area contributed by atoms with E-state index in [2.05, 4.69) is 0 Å². The smallest absolute Gasteiger partial charge is 0.148 e. The molecular weight excluding hydrogens is 198 g/mol. The van der Waals surface area contributed by atoms with Gasteiger partial charge in [-0.2, -0.15) is 0 Å². The van der Waals surface area contributed by atoms with Crippen molar-refractivity contribution in [3.05, 3.63) is 34.4 Å². The average Bonchev–Trinajstić information content (AvgIpc) is 2.13. The normalized spacial score (nSPS) is 13.0. The molecule has 1 rings (SSSR count). The largest absolute Gasteiger partial charge is 0.396 e. The Morgan fingerprint density at radius 3 is 2.62 bits per heavy atom. The van der Waals surface area contributed by atoms with Gasteiger partial charge in [0.2, 0.25) is 0 Å². The van der Waals surface area contributed by atoms with Crippen molar-refractivity contribution in [3.63, 3.8) is 0 Å². The van der Waals surface area contributed by atoms with Crippen LogP contribution in [0, 0.1) is 11.6 Å². The molecule has 1 atom stereocenters. The van der Waals surface area contributed by atoms with Crippen LogP contribution in [0.1, 0.15) is 18.4 Å². The zero-order valence-electron chi connectivity index (χ0n) is 7.02. The first-order chi connectivity index (χ1) is 6.07. The molecule has 0 saturated carbocycles. The van der Waals surface area contributed by atoms with Crippen molar-refractivity contribution in [3.8, 4) is 0 Å². The van der Waals surface area contributed by atoms with Crippen molar-refractivity contribution in [2.45, 2.75) is 12.8 Å². The Labute approximate surface area is 80.0 Å². The quantitative estimate of drug-likeness (QED) is 0.738. The van der Waals surface area contributed by atoms with Gasteiger partial charge in [-0.25, -0.2) is 8.78 Å². The molecule has 1 unspecified atom stereocenters. The van der Waals surface area contributed by atoms with Crippen LogP contribution in [0.2, 0.25) is 5.02 Å². The Bertz CT molecular complexity index is 315. The minimum Gasteiger partial charge on any atom is -0.396 e. The van der Waals surface area contributed by atoms with E-state index in [9.17, 15) is 8.78 Å². The third-order valence-electron chi connectivity index (χ3n) is 1.87. The molecule has 72 valence electrons. The number of halogens is 3. The predicted molar refractivity (Wildman–Crippen MR) is 46.9 cm³/mol. The van der Waals surface area contributed by atoms with Crippen LogP contribution < -0.4 is 0 Å². The molecule has 0 heterocycles. The van der Waals surface area contributed by atoms with E-state index in [0.717, 1.165) is 6.07 Å². The van der Waals surface area contributed by atoms with Crippen LogP contribution in [-0.2, 0) is 0 Å². The molecule has 0 aliphatic heterocycles. The molecule has 0 bridgehead atoms. The van der Waals surface area contributed by atoms with Crippen LogP contribution in [0.5, 0.6) is 0 Å². The Kier molecular flexibility index (Phi) is 3.22. The number of benzene rings is 1. The minimum absolute atomic E-state index is 0.196. The van der Waals surface area contributed by atoms with E-state index < -0.39 is 16.7 Å². The number of hydrogen-bond acceptors (Lipinski definition) is 1. The second kappa shape index (κ2) is 4.03. The van der Waals surface area contributed by atoms with Gasteiger partial charge in [0, 0.05) is 12.5 Å². The molecule has 0 aromatic heterocycles. The highest BCUT2D eigenvalue weighted by Crippen LogP contribution is 2.26. The summed E-state index contributed by atoms with van der Waals surface area (Å²) < 4.78 is 25.9. The van der Waals surface area contributed by atoms with Crippen molar-refractivity contribution in [1.29, 1.82) is 0 Å². The molecule has 0 spiro atoms. The summed E-state index contributed by atoms with van der Waals surface area (Å²) in [5, 5.41) is 8.25. The first-order valence-electron chi connectivity index (χ1n) is 3.82. The topological polar surface area (TPSA) is 20.2 Å². The third kappa shape index (κ3) is 1.98. The van der Waals surface area contributed by atoms with Crippen molar-refractivity contribution < 1.29 is 13.9 Å². The van der Waals surface area contributed by atoms with Crippen molar-refractivity contribution in [1.82, 2.24) is 0 Å². The van der Waals surface area contributed by atoms with Crippen molar-refractivity contribution in [2.24, 2.45) is 0 Å². The molecule has 4 heteroatoms. The SMILES string of the molecule is CC(CO)c1ccc(F)c(Cl)c1F. The number of rotatable bonds is 2. The summed E-state index contributed by atoms with van der Waals surface area (Å²) in [5.74, 6) is -1.95. The molecule has 1 aromatic rings. The first-order valence-corrected chi connectivity index (χ1v) is 4.20. The molecule has 0 aliphatic carbocycles. The standard InChI is InChI=1S/C9H9ClF2O/c1-5(4-13)6-2-3-7(11)8(10)9(6)12/h2-3,5,13H,4H2,1H3. The zero-order chi connectivity index (χ0) is 10.0. The first kappa shape index (κ1) is 10.4. The number of aliphatic hydroxyl groups excluding tert-OH is 1. The molecule has 1 aromatic carbocycles. The van der Waals surface area contributed by atoms with Gasteiger partial charge in [0.15, 0.2) is 0 Å². The highest BCUT2D eigenvalue weighted by molar-refractivity contribution is 6.30. The fourth-order valence-corrected chi connectivity index (χ4v) is 1.19. The molecule has 1 N–H and O–H groups in total. The van der Waals surface area contributed by atoms with Crippen LogP contribution >= 0.6 is 11.6 Å². The monoisotopic (exact) mass is 206 g/mol. The summed E-state index contributed by atoms with van der Waals surface area (Å²) in [6, 6.07) is 2.38. The van der Waals surface area contributed by atoms with E-state index in [0.29, 0.717) is 0 Å². The van der Waals surface area contributed by atoms with Crippen LogP contribution in [0.3, 0.4) is 0 Å². The summed E-state index contributed by atoms with van der Waals surface area (Å²) >= 11 is 5.35. The average molecular weight is 207 g/mol. The van der Waals surface area contributed by atoms with Gasteiger partial charge in [0.25, 0.3) is 0 Å². The Morgan fingerprint density at radius 1 is 1.46 bits per heavy atom. The second-order valence-corrected chi connectivity index (χ2v) is 3.23. The van der Waals surface area contributed by atoms with Crippen molar-refractivity contribution in [2.75, 3.05) is 6.61 Å². The number of aliphatic hydroxyl groups is 1. The van der Waals surface area contributed by atoms with E-state index in [1.54, 1.807) is 6.92 Å². The maximum absolute atomic E-state index is 13.2. The zero-order valence-corrected chi connectivity index (χ0v) is 7.78. The van der Waals surface area contributed by atoms with Gasteiger partial charge in [-0.3, -0.25) is 0 Å². The summed E-state index contributed by atoms with van der Waals surface area (Å²) in [4.78, 5) is 0. The van der Waals surface area contributed by atoms with E-state index in [1.165, 1.54) is 6.07 Å². The predicted octanol–water partition coefficient (Wildman–Crippen LogP) is 2.71. The lowest BCUT2D eigenvalue weighted by atomic mass is 10.0. The summed E-state index contributed by atoms with van der Waals surface area (Å²) in [5.41, 5.74) is 0.230. The van der Waals surface area contributed by atoms with Gasteiger partial charge in [0.05, 0.1) is 0 Å². The molecule has 0 fully saturated rings. The molecule has 13 heavy (non-hydrogen) atoms. The summed E-state index contributed by atoms with van der Waals surface area (Å²) in [6.07, 6.45) is 0. The fraction of sp³-hybridized carbons (Fsp3) is 0.333. The Balaban J connectivity index is 3.18. The highest BCUT2D eigenvalue weighted by atomic mass is 35.5. The molecule has 0 radical (unpaired) electrons. The lowest BCUT2D eigenvalue weighted by molar-refractivity contribution is 0.270. The van der Waals surface area contributed by atoms with Gasteiger partial charge in [-0.15, -0.1) is 0 Å². The number of hydrogen-bond donors (Lipinski definition) is 1. The lowest BCUT2D eigenvalue weighted by Crippen LogP contribution is -2.03. The molecule has 0 amide bonds. The molecule has 1 nitrogen and oxygen atoms in total. The van der Waals surface area contributed by atoms with Crippen LogP contribution in [-0.4, -0.2) is 11.7 Å². The van der Waals surface area contributed by atoms with Gasteiger partial charge in [0.1, 0.15) is 16.7 Å². The fourth-order valence-electron chi connectivity index (χ4n) is 1.02. The van der Waals surface area contributed by atoms with Crippen LogP contribution in [0.25, 0.3) is 0 Å². The van der Waals surface area contributed by atoms with E-state index in [1.807, 2.05) is 0 Å². The van der Waals surface area contributed by atoms with Crippen molar-refractivity contribution >= 4 is 11.6 Å². The van der Waals surface area contributed by atoms with Gasteiger partial charge < -0.3 is 5.11 Å². The van der Waals surface area contributed by atoms with E-state index in [-0.39, 0.29) is 18.1 Å². The highest BCUT2D eigenvalue weighted by Gasteiger charge is 2.15. The minimum atomic E-state index is -0.789. The van der Waals surface area contributed by atoms with Crippen LogP contribution in [0.4, 0.5) is 8.78 Å². The van der Waals surface area contributed by atoms with E-state index in [4.69, 9.17) is 16.7 Å². The maximum atomic E-state index is 13.2. The van der Waals surface area contributed by atoms with Crippen LogP contribution in [0.15, 0.2) is 12.1 Å². The molecule has 0 aliphatic rings. The third-order valence-corrected chi connectivity index (χ3v) is 2.22. The Morgan fingerprint density at radius 2 is 2.08 bits per heavy atom. The molecular formula is C9H9ClF2O. The lowest BCUT2D eigenvalue weighted by Gasteiger charge is -2.10. The Hall–Kier alpha value is -0.670. The van der Waals surface area contributed by atoms with Gasteiger partial charge in [-0.05, 0) is 11.6 Å².